The number of rotatable bonds is 5. The second-order valence-corrected chi connectivity index (χ2v) is 7.47. The van der Waals surface area contributed by atoms with E-state index in [4.69, 9.17) is 5.73 Å². The summed E-state index contributed by atoms with van der Waals surface area (Å²) in [6.45, 7) is 8.48. The van der Waals surface area contributed by atoms with Crippen LogP contribution < -0.4 is 5.73 Å². The van der Waals surface area contributed by atoms with Crippen LogP contribution in [0.4, 0.5) is 0 Å². The molecule has 0 aliphatic heterocycles. The van der Waals surface area contributed by atoms with Gasteiger partial charge in [-0.3, -0.25) is 0 Å². The molecule has 2 nitrogen and oxygen atoms in total. The van der Waals surface area contributed by atoms with Gasteiger partial charge < -0.3 is 10.6 Å². The highest BCUT2D eigenvalue weighted by Crippen LogP contribution is 2.41. The first kappa shape index (κ1) is 14.3. The van der Waals surface area contributed by atoms with E-state index in [1.54, 1.807) is 0 Å². The van der Waals surface area contributed by atoms with Crippen LogP contribution in [-0.4, -0.2) is 30.6 Å². The van der Waals surface area contributed by atoms with Crippen molar-refractivity contribution in [3.8, 4) is 0 Å². The number of hydrogen-bond donors (Lipinski definition) is 1. The Balaban J connectivity index is 1.95. The Morgan fingerprint density at radius 3 is 2.39 bits per heavy atom. The summed E-state index contributed by atoms with van der Waals surface area (Å²) in [4.78, 5) is 2.57. The maximum absolute atomic E-state index is 6.38. The van der Waals surface area contributed by atoms with E-state index in [9.17, 15) is 0 Å². The van der Waals surface area contributed by atoms with Gasteiger partial charge in [0.25, 0.3) is 0 Å². The van der Waals surface area contributed by atoms with E-state index >= 15 is 0 Å². The second-order valence-electron chi connectivity index (χ2n) is 7.47. The Labute approximate surface area is 113 Å². The quantitative estimate of drug-likeness (QED) is 0.814. The fourth-order valence-electron chi connectivity index (χ4n) is 3.52. The molecule has 18 heavy (non-hydrogen) atoms. The molecule has 2 saturated carbocycles. The van der Waals surface area contributed by atoms with Crippen LogP contribution in [0.2, 0.25) is 0 Å². The predicted molar refractivity (Wildman–Crippen MR) is 78.5 cm³/mol. The van der Waals surface area contributed by atoms with Gasteiger partial charge in [0.1, 0.15) is 0 Å². The number of nitrogens with two attached hydrogens (primary N) is 1. The maximum Gasteiger partial charge on any atom is 0.0247 e. The predicted octanol–water partition coefficient (Wildman–Crippen LogP) is 3.26. The molecule has 2 aliphatic rings. The van der Waals surface area contributed by atoms with Crippen molar-refractivity contribution in [2.75, 3.05) is 13.6 Å². The lowest BCUT2D eigenvalue weighted by Gasteiger charge is -2.45. The largest absolute Gasteiger partial charge is 0.326 e. The van der Waals surface area contributed by atoms with Gasteiger partial charge in [0, 0.05) is 18.6 Å². The highest BCUT2D eigenvalue weighted by atomic mass is 15.2. The Hall–Kier alpha value is -0.0800. The molecule has 2 N–H and O–H groups in total. The smallest absolute Gasteiger partial charge is 0.0247 e. The molecule has 2 heteroatoms. The average molecular weight is 252 g/mol. The van der Waals surface area contributed by atoms with Crippen molar-refractivity contribution < 1.29 is 0 Å². The summed E-state index contributed by atoms with van der Waals surface area (Å²) in [5.74, 6) is 1.83. The molecule has 0 heterocycles. The molecule has 0 aromatic rings. The minimum absolute atomic E-state index is 0.401. The lowest BCUT2D eigenvalue weighted by atomic mass is 9.67. The first-order valence-electron chi connectivity index (χ1n) is 7.90. The Morgan fingerprint density at radius 2 is 1.83 bits per heavy atom. The molecular formula is C16H32N2. The van der Waals surface area contributed by atoms with Crippen LogP contribution in [0.1, 0.15) is 59.3 Å². The molecule has 106 valence electrons. The summed E-state index contributed by atoms with van der Waals surface area (Å²) in [6.07, 6.45) is 8.02. The fraction of sp³-hybridized carbons (Fsp3) is 1.00. The van der Waals surface area contributed by atoms with Crippen molar-refractivity contribution in [2.24, 2.45) is 23.0 Å². The van der Waals surface area contributed by atoms with Crippen LogP contribution >= 0.6 is 0 Å². The molecule has 2 fully saturated rings. The highest BCUT2D eigenvalue weighted by Gasteiger charge is 2.38. The monoisotopic (exact) mass is 252 g/mol. The normalized spacial score (nSPS) is 34.0. The summed E-state index contributed by atoms with van der Waals surface area (Å²) >= 11 is 0. The number of hydrogen-bond acceptors (Lipinski definition) is 2. The standard InChI is InChI=1S/C16H32N2/c1-5-16(2,3)13-8-9-14(17)15(10-13)18(4)11-12-6-7-12/h12-15H,5-11,17H2,1-4H3. The molecule has 2 rings (SSSR count). The summed E-state index contributed by atoms with van der Waals surface area (Å²) < 4.78 is 0. The maximum atomic E-state index is 6.38. The molecule has 0 spiro atoms. The van der Waals surface area contributed by atoms with Crippen LogP contribution in [0, 0.1) is 17.3 Å². The molecule has 0 bridgehead atoms. The van der Waals surface area contributed by atoms with Gasteiger partial charge in [-0.2, -0.15) is 0 Å². The molecule has 2 aliphatic carbocycles. The van der Waals surface area contributed by atoms with Gasteiger partial charge in [-0.25, -0.2) is 0 Å². The minimum Gasteiger partial charge on any atom is -0.326 e. The third-order valence-electron chi connectivity index (χ3n) is 5.69. The summed E-state index contributed by atoms with van der Waals surface area (Å²) in [6, 6.07) is 1.02. The van der Waals surface area contributed by atoms with Gasteiger partial charge in [0.15, 0.2) is 0 Å². The fourth-order valence-corrected chi connectivity index (χ4v) is 3.52. The van der Waals surface area contributed by atoms with Gasteiger partial charge in [0.2, 0.25) is 0 Å². The van der Waals surface area contributed by atoms with E-state index in [0.29, 0.717) is 17.5 Å². The van der Waals surface area contributed by atoms with Crippen molar-refractivity contribution in [1.29, 1.82) is 0 Å². The van der Waals surface area contributed by atoms with Crippen molar-refractivity contribution in [2.45, 2.75) is 71.4 Å². The number of likely N-dealkylation sites (N-methyl/N-ethyl adjacent to an activating group) is 1. The third kappa shape index (κ3) is 3.27. The zero-order chi connectivity index (χ0) is 13.3. The van der Waals surface area contributed by atoms with Crippen molar-refractivity contribution in [3.63, 3.8) is 0 Å². The van der Waals surface area contributed by atoms with Gasteiger partial charge >= 0.3 is 0 Å². The molecular weight excluding hydrogens is 220 g/mol. The third-order valence-corrected chi connectivity index (χ3v) is 5.69. The van der Waals surface area contributed by atoms with Crippen LogP contribution in [0.25, 0.3) is 0 Å². The zero-order valence-corrected chi connectivity index (χ0v) is 12.8. The van der Waals surface area contributed by atoms with E-state index in [1.807, 2.05) is 0 Å². The summed E-state index contributed by atoms with van der Waals surface area (Å²) in [7, 11) is 2.30. The van der Waals surface area contributed by atoms with Gasteiger partial charge in [0.05, 0.1) is 0 Å². The Kier molecular flexibility index (Phi) is 4.38. The molecule has 3 unspecified atom stereocenters. The average Bonchev–Trinajstić information content (AvgIpc) is 3.13. The van der Waals surface area contributed by atoms with Crippen molar-refractivity contribution >= 4 is 0 Å². The summed E-state index contributed by atoms with van der Waals surface area (Å²) in [5, 5.41) is 0. The Morgan fingerprint density at radius 1 is 1.17 bits per heavy atom. The highest BCUT2D eigenvalue weighted by molar-refractivity contribution is 4.93. The minimum atomic E-state index is 0.401. The topological polar surface area (TPSA) is 29.3 Å². The molecule has 0 radical (unpaired) electrons. The van der Waals surface area contributed by atoms with E-state index in [1.165, 1.54) is 45.1 Å². The molecule has 0 amide bonds. The zero-order valence-electron chi connectivity index (χ0n) is 12.8. The van der Waals surface area contributed by atoms with Crippen LogP contribution in [-0.2, 0) is 0 Å². The van der Waals surface area contributed by atoms with E-state index in [2.05, 4.69) is 32.7 Å². The van der Waals surface area contributed by atoms with Crippen LogP contribution in [0.3, 0.4) is 0 Å². The molecule has 0 saturated heterocycles. The van der Waals surface area contributed by atoms with Crippen LogP contribution in [0.5, 0.6) is 0 Å². The van der Waals surface area contributed by atoms with E-state index in [0.717, 1.165) is 11.8 Å². The lowest BCUT2D eigenvalue weighted by Crippen LogP contribution is -2.52. The van der Waals surface area contributed by atoms with Crippen molar-refractivity contribution in [3.05, 3.63) is 0 Å². The Bertz CT molecular complexity index is 270. The van der Waals surface area contributed by atoms with Gasteiger partial charge in [-0.1, -0.05) is 27.2 Å². The van der Waals surface area contributed by atoms with Gasteiger partial charge in [-0.15, -0.1) is 0 Å². The second kappa shape index (κ2) is 5.50. The first-order chi connectivity index (χ1) is 8.44. The summed E-state index contributed by atoms with van der Waals surface area (Å²) in [5.41, 5.74) is 6.87. The molecule has 0 aromatic carbocycles. The molecule has 0 aromatic heterocycles. The van der Waals surface area contributed by atoms with E-state index < -0.39 is 0 Å². The number of nitrogens with zero attached hydrogens (tertiary/aromatic N) is 1. The SMILES string of the molecule is CCC(C)(C)C1CCC(N)C(N(C)CC2CC2)C1. The van der Waals surface area contributed by atoms with Crippen molar-refractivity contribution in [1.82, 2.24) is 4.90 Å². The van der Waals surface area contributed by atoms with E-state index in [-0.39, 0.29) is 0 Å². The lowest BCUT2D eigenvalue weighted by molar-refractivity contribution is 0.0709. The van der Waals surface area contributed by atoms with Gasteiger partial charge in [-0.05, 0) is 56.4 Å². The van der Waals surface area contributed by atoms with Crippen LogP contribution in [0.15, 0.2) is 0 Å². The first-order valence-corrected chi connectivity index (χ1v) is 7.90. The molecule has 3 atom stereocenters.